The van der Waals surface area contributed by atoms with Crippen LogP contribution in [0.2, 0.25) is 0 Å². The summed E-state index contributed by atoms with van der Waals surface area (Å²) in [6.45, 7) is 6.71. The van der Waals surface area contributed by atoms with Crippen molar-refractivity contribution in [2.75, 3.05) is 13.2 Å². The van der Waals surface area contributed by atoms with Crippen LogP contribution in [0.1, 0.15) is 412 Å². The fourth-order valence-corrected chi connectivity index (χ4v) is 11.3. The molecular weight excluding hydrogens is 1010 g/mol. The van der Waals surface area contributed by atoms with Gasteiger partial charge >= 0.3 is 17.9 Å². The van der Waals surface area contributed by atoms with Gasteiger partial charge in [0.05, 0.1) is 0 Å². The molecule has 0 aliphatic heterocycles. The summed E-state index contributed by atoms with van der Waals surface area (Å²) in [4.78, 5) is 38.5. The summed E-state index contributed by atoms with van der Waals surface area (Å²) in [6.07, 6.45) is 88.9. The molecule has 0 N–H and O–H groups in total. The number of allylic oxidation sites excluding steroid dienone is 6. The number of carbonyl (C=O) groups is 3. The van der Waals surface area contributed by atoms with Crippen molar-refractivity contribution in [2.45, 2.75) is 419 Å². The molecule has 0 aliphatic carbocycles. The Morgan fingerprint density at radius 3 is 0.610 bits per heavy atom. The van der Waals surface area contributed by atoms with Crippen molar-refractivity contribution in [1.29, 1.82) is 0 Å². The van der Waals surface area contributed by atoms with Crippen molar-refractivity contribution < 1.29 is 28.6 Å². The van der Waals surface area contributed by atoms with Gasteiger partial charge in [0, 0.05) is 19.3 Å². The van der Waals surface area contributed by atoms with E-state index in [1.54, 1.807) is 0 Å². The molecule has 0 spiro atoms. The summed E-state index contributed by atoms with van der Waals surface area (Å²) in [5, 5.41) is 0. The largest absolute Gasteiger partial charge is 0.462 e. The Labute approximate surface area is 512 Å². The first-order chi connectivity index (χ1) is 40.5. The average molecular weight is 1150 g/mol. The van der Waals surface area contributed by atoms with E-state index in [0.29, 0.717) is 19.3 Å². The first-order valence-electron chi connectivity index (χ1n) is 37.0. The molecule has 0 aromatic rings. The molecule has 0 heterocycles. The number of ether oxygens (including phenoxy) is 3. The van der Waals surface area contributed by atoms with Crippen LogP contribution >= 0.6 is 0 Å². The van der Waals surface area contributed by atoms with Crippen molar-refractivity contribution in [3.8, 4) is 0 Å². The monoisotopic (exact) mass is 1150 g/mol. The minimum atomic E-state index is -0.775. The van der Waals surface area contributed by atoms with Crippen molar-refractivity contribution in [3.63, 3.8) is 0 Å². The predicted octanol–water partition coefficient (Wildman–Crippen LogP) is 25.5. The number of carbonyl (C=O) groups excluding carboxylic acids is 3. The van der Waals surface area contributed by atoms with Crippen LogP contribution in [0.4, 0.5) is 0 Å². The second-order valence-electron chi connectivity index (χ2n) is 25.2. The van der Waals surface area contributed by atoms with E-state index in [1.165, 1.54) is 315 Å². The highest BCUT2D eigenvalue weighted by molar-refractivity contribution is 5.71. The molecule has 482 valence electrons. The molecule has 82 heavy (non-hydrogen) atoms. The molecule has 0 aromatic carbocycles. The highest BCUT2D eigenvalue weighted by atomic mass is 16.6. The van der Waals surface area contributed by atoms with E-state index in [-0.39, 0.29) is 31.1 Å². The van der Waals surface area contributed by atoms with Gasteiger partial charge in [-0.15, -0.1) is 0 Å². The molecule has 0 amide bonds. The normalized spacial score (nSPS) is 12.2. The zero-order valence-corrected chi connectivity index (χ0v) is 55.5. The summed E-state index contributed by atoms with van der Waals surface area (Å²) in [5.41, 5.74) is 0. The number of rotatable bonds is 69. The van der Waals surface area contributed by atoms with Gasteiger partial charge in [-0.05, 0) is 96.3 Å². The van der Waals surface area contributed by atoms with E-state index in [0.717, 1.165) is 57.8 Å². The van der Waals surface area contributed by atoms with Gasteiger partial charge in [0.25, 0.3) is 0 Å². The summed E-state index contributed by atoms with van der Waals surface area (Å²) in [5.74, 6) is -0.846. The zero-order chi connectivity index (χ0) is 59.2. The molecule has 0 rings (SSSR count). The van der Waals surface area contributed by atoms with Crippen LogP contribution in [0, 0.1) is 0 Å². The van der Waals surface area contributed by atoms with Gasteiger partial charge in [0.2, 0.25) is 0 Å². The smallest absolute Gasteiger partial charge is 0.306 e. The predicted molar refractivity (Wildman–Crippen MR) is 358 cm³/mol. The van der Waals surface area contributed by atoms with Gasteiger partial charge in [0.1, 0.15) is 13.2 Å². The SMILES string of the molecule is CCCCCCCC/C=C\CCCCCCCCCCCC(=O)OC(COC(=O)CCCCCCCCC/C=C\CCCCCCCCC)COC(=O)CCCCCCCCCCCCCCCCC/C=C\CCCCCCCCCC. The molecule has 0 aromatic heterocycles. The maximum Gasteiger partial charge on any atom is 0.306 e. The first-order valence-corrected chi connectivity index (χ1v) is 37.0. The maximum absolute atomic E-state index is 13.0. The zero-order valence-electron chi connectivity index (χ0n) is 55.5. The summed E-state index contributed by atoms with van der Waals surface area (Å²) in [7, 11) is 0. The van der Waals surface area contributed by atoms with Crippen LogP contribution in [0.25, 0.3) is 0 Å². The molecule has 1 atom stereocenters. The van der Waals surface area contributed by atoms with Crippen molar-refractivity contribution >= 4 is 17.9 Å². The van der Waals surface area contributed by atoms with Gasteiger partial charge in [-0.1, -0.05) is 333 Å². The van der Waals surface area contributed by atoms with E-state index < -0.39 is 6.10 Å². The topological polar surface area (TPSA) is 78.9 Å². The molecule has 1 unspecified atom stereocenters. The lowest BCUT2D eigenvalue weighted by atomic mass is 10.0. The van der Waals surface area contributed by atoms with Crippen LogP contribution < -0.4 is 0 Å². The van der Waals surface area contributed by atoms with E-state index in [2.05, 4.69) is 57.2 Å². The number of unbranched alkanes of at least 4 members (excludes halogenated alkanes) is 52. The standard InChI is InChI=1S/C76H142O6/c1-4-7-10-13-16-19-22-25-28-31-34-35-36-37-38-39-40-41-43-45-48-51-54-57-60-63-66-69-75(78)81-72-73(71-80-74(77)68-65-62-59-56-53-50-47-44-33-30-27-24-21-18-15-12-9-6-3)82-76(79)70-67-64-61-58-55-52-49-46-42-32-29-26-23-20-17-14-11-8-5-2/h26,29-31,33-34,73H,4-25,27-28,32,35-72H2,1-3H3/b29-26-,33-30-,34-31-. The number of esters is 3. The number of hydrogen-bond donors (Lipinski definition) is 0. The molecule has 0 saturated heterocycles. The minimum absolute atomic E-state index is 0.0698. The summed E-state index contributed by atoms with van der Waals surface area (Å²) >= 11 is 0. The number of hydrogen-bond acceptors (Lipinski definition) is 6. The van der Waals surface area contributed by atoms with Gasteiger partial charge in [0.15, 0.2) is 6.10 Å². The lowest BCUT2D eigenvalue weighted by Gasteiger charge is -2.18. The van der Waals surface area contributed by atoms with Crippen LogP contribution in [-0.2, 0) is 28.6 Å². The molecule has 0 radical (unpaired) electrons. The third-order valence-electron chi connectivity index (χ3n) is 16.8. The molecule has 0 bridgehead atoms. The summed E-state index contributed by atoms with van der Waals surface area (Å²) < 4.78 is 17.0. The molecule has 0 aliphatic rings. The van der Waals surface area contributed by atoms with Crippen molar-refractivity contribution in [2.24, 2.45) is 0 Å². The Balaban J connectivity index is 4.27. The van der Waals surface area contributed by atoms with E-state index in [4.69, 9.17) is 14.2 Å². The van der Waals surface area contributed by atoms with E-state index in [1.807, 2.05) is 0 Å². The molecule has 6 heteroatoms. The second kappa shape index (κ2) is 71.1. The third kappa shape index (κ3) is 68.4. The van der Waals surface area contributed by atoms with Gasteiger partial charge in [-0.3, -0.25) is 14.4 Å². The Morgan fingerprint density at radius 1 is 0.232 bits per heavy atom. The van der Waals surface area contributed by atoms with Gasteiger partial charge in [-0.25, -0.2) is 0 Å². The molecule has 0 fully saturated rings. The minimum Gasteiger partial charge on any atom is -0.462 e. The van der Waals surface area contributed by atoms with Crippen molar-refractivity contribution in [1.82, 2.24) is 0 Å². The van der Waals surface area contributed by atoms with Crippen molar-refractivity contribution in [3.05, 3.63) is 36.5 Å². The third-order valence-corrected chi connectivity index (χ3v) is 16.8. The Bertz CT molecular complexity index is 1370. The van der Waals surface area contributed by atoms with Crippen LogP contribution in [-0.4, -0.2) is 37.2 Å². The quantitative estimate of drug-likeness (QED) is 0.0261. The highest BCUT2D eigenvalue weighted by Gasteiger charge is 2.19. The first kappa shape index (κ1) is 79.6. The second-order valence-corrected chi connectivity index (χ2v) is 25.2. The van der Waals surface area contributed by atoms with Gasteiger partial charge in [-0.2, -0.15) is 0 Å². The van der Waals surface area contributed by atoms with E-state index in [9.17, 15) is 14.4 Å². The fourth-order valence-electron chi connectivity index (χ4n) is 11.3. The molecular formula is C76H142O6. The molecule has 0 saturated carbocycles. The maximum atomic E-state index is 13.0. The fraction of sp³-hybridized carbons (Fsp3) is 0.882. The lowest BCUT2D eigenvalue weighted by Crippen LogP contribution is -2.30. The Kier molecular flexibility index (Phi) is 69.1. The van der Waals surface area contributed by atoms with E-state index >= 15 is 0 Å². The van der Waals surface area contributed by atoms with Crippen LogP contribution in [0.5, 0.6) is 0 Å². The Morgan fingerprint density at radius 2 is 0.402 bits per heavy atom. The van der Waals surface area contributed by atoms with Crippen LogP contribution in [0.3, 0.4) is 0 Å². The highest BCUT2D eigenvalue weighted by Crippen LogP contribution is 2.18. The average Bonchev–Trinajstić information content (AvgIpc) is 3.47. The molecule has 6 nitrogen and oxygen atoms in total. The van der Waals surface area contributed by atoms with Crippen LogP contribution in [0.15, 0.2) is 36.5 Å². The van der Waals surface area contributed by atoms with Gasteiger partial charge < -0.3 is 14.2 Å². The summed E-state index contributed by atoms with van der Waals surface area (Å²) in [6, 6.07) is 0. The Hall–Kier alpha value is -2.37. The lowest BCUT2D eigenvalue weighted by molar-refractivity contribution is -0.167.